The third kappa shape index (κ3) is 5.81. The van der Waals surface area contributed by atoms with Crippen molar-refractivity contribution in [3.63, 3.8) is 0 Å². The van der Waals surface area contributed by atoms with E-state index in [1.807, 2.05) is 19.1 Å². The molecular formula is C29H34N4O6S. The third-order valence-electron chi connectivity index (χ3n) is 7.51. The van der Waals surface area contributed by atoms with Crippen LogP contribution in [0.5, 0.6) is 5.75 Å². The summed E-state index contributed by atoms with van der Waals surface area (Å²) in [6.07, 6.45) is 1.35. The number of hydrogen-bond donors (Lipinski definition) is 2. The summed E-state index contributed by atoms with van der Waals surface area (Å²) >= 11 is 0. The van der Waals surface area contributed by atoms with Crippen LogP contribution in [0.2, 0.25) is 0 Å². The first-order valence-electron chi connectivity index (χ1n) is 13.5. The molecular weight excluding hydrogens is 532 g/mol. The molecule has 40 heavy (non-hydrogen) atoms. The van der Waals surface area contributed by atoms with E-state index in [0.29, 0.717) is 66.9 Å². The maximum atomic E-state index is 13.5. The van der Waals surface area contributed by atoms with E-state index >= 15 is 0 Å². The van der Waals surface area contributed by atoms with Crippen LogP contribution >= 0.6 is 0 Å². The minimum absolute atomic E-state index is 0.0647. The maximum Gasteiger partial charge on any atom is 0.417 e. The van der Waals surface area contributed by atoms with E-state index in [-0.39, 0.29) is 24.8 Å². The van der Waals surface area contributed by atoms with Gasteiger partial charge in [0.25, 0.3) is 0 Å². The van der Waals surface area contributed by atoms with Gasteiger partial charge in [0.1, 0.15) is 16.3 Å². The molecule has 2 aromatic carbocycles. The van der Waals surface area contributed by atoms with Crippen molar-refractivity contribution in [2.45, 2.75) is 43.4 Å². The number of amides is 1. The first-order valence-corrected chi connectivity index (χ1v) is 15.2. The molecule has 1 atom stereocenters. The number of aliphatic hydroxyl groups excluding tert-OH is 1. The lowest BCUT2D eigenvalue weighted by atomic mass is 9.81. The van der Waals surface area contributed by atoms with Crippen molar-refractivity contribution < 1.29 is 27.8 Å². The first kappa shape index (κ1) is 28.0. The molecule has 0 radical (unpaired) electrons. The second-order valence-corrected chi connectivity index (χ2v) is 12.6. The van der Waals surface area contributed by atoms with Crippen LogP contribution in [0.1, 0.15) is 38.3 Å². The fraction of sp³-hybridized carbons (Fsp3) is 0.414. The minimum atomic E-state index is -3.56. The number of aromatic nitrogens is 2. The predicted molar refractivity (Wildman–Crippen MR) is 152 cm³/mol. The van der Waals surface area contributed by atoms with Crippen LogP contribution in [-0.4, -0.2) is 67.7 Å². The molecule has 212 valence electrons. The molecule has 1 saturated heterocycles. The molecule has 3 aromatic rings. The topological polar surface area (TPSA) is 131 Å². The molecule has 0 bridgehead atoms. The second kappa shape index (κ2) is 11.9. The molecule has 11 heteroatoms. The first-order chi connectivity index (χ1) is 19.3. The molecule has 1 amide bonds. The number of benzene rings is 2. The molecule has 1 saturated carbocycles. The molecule has 1 aliphatic carbocycles. The lowest BCUT2D eigenvalue weighted by molar-refractivity contribution is 0.0985. The zero-order valence-electron chi connectivity index (χ0n) is 22.5. The summed E-state index contributed by atoms with van der Waals surface area (Å²) in [4.78, 5) is 24.1. The summed E-state index contributed by atoms with van der Waals surface area (Å²) in [5.41, 5.74) is 1.71. The number of carbonyl (C=O) groups is 1. The monoisotopic (exact) mass is 566 g/mol. The number of morpholine rings is 1. The zero-order chi connectivity index (χ0) is 28.2. The lowest BCUT2D eigenvalue weighted by Crippen LogP contribution is -2.46. The molecule has 2 N–H and O–H groups in total. The van der Waals surface area contributed by atoms with Crippen LogP contribution < -0.4 is 15.0 Å². The highest BCUT2D eigenvalue weighted by Crippen LogP contribution is 2.49. The number of nitrogens with zero attached hydrogens (tertiary/aromatic N) is 3. The van der Waals surface area contributed by atoms with Crippen LogP contribution in [0.25, 0.3) is 11.4 Å². The average molecular weight is 567 g/mol. The van der Waals surface area contributed by atoms with Gasteiger partial charge in [-0.15, -0.1) is 0 Å². The number of aliphatic hydroxyl groups is 1. The van der Waals surface area contributed by atoms with Gasteiger partial charge in [0, 0.05) is 30.5 Å². The van der Waals surface area contributed by atoms with E-state index in [0.717, 1.165) is 6.42 Å². The Labute approximate surface area is 234 Å². The molecule has 2 aliphatic rings. The van der Waals surface area contributed by atoms with E-state index in [4.69, 9.17) is 19.4 Å². The Morgan fingerprint density at radius 2 is 1.90 bits per heavy atom. The summed E-state index contributed by atoms with van der Waals surface area (Å²) < 4.78 is 36.8. The summed E-state index contributed by atoms with van der Waals surface area (Å²) in [6.45, 7) is 3.60. The predicted octanol–water partition coefficient (Wildman–Crippen LogP) is 4.16. The van der Waals surface area contributed by atoms with Crippen molar-refractivity contribution in [3.8, 4) is 17.1 Å². The quantitative estimate of drug-likeness (QED) is 0.392. The molecule has 5 rings (SSSR count). The number of ether oxygens (including phenoxy) is 2. The van der Waals surface area contributed by atoms with Gasteiger partial charge in [-0.3, -0.25) is 5.32 Å². The van der Waals surface area contributed by atoms with Crippen molar-refractivity contribution in [3.05, 3.63) is 66.4 Å². The van der Waals surface area contributed by atoms with Crippen molar-refractivity contribution >= 4 is 27.4 Å². The van der Waals surface area contributed by atoms with Gasteiger partial charge >= 0.3 is 6.09 Å². The van der Waals surface area contributed by atoms with Crippen LogP contribution in [0.3, 0.4) is 0 Å². The Morgan fingerprint density at radius 3 is 2.55 bits per heavy atom. The van der Waals surface area contributed by atoms with Gasteiger partial charge in [-0.25, -0.2) is 23.2 Å². The van der Waals surface area contributed by atoms with Crippen LogP contribution in [0, 0.1) is 0 Å². The van der Waals surface area contributed by atoms with E-state index in [2.05, 4.69) is 10.2 Å². The fourth-order valence-corrected chi connectivity index (χ4v) is 7.36. The molecule has 0 spiro atoms. The summed E-state index contributed by atoms with van der Waals surface area (Å²) in [6, 6.07) is 17.7. The van der Waals surface area contributed by atoms with Crippen molar-refractivity contribution in [1.29, 1.82) is 0 Å². The van der Waals surface area contributed by atoms with E-state index in [1.54, 1.807) is 48.5 Å². The molecule has 1 aromatic heterocycles. The summed E-state index contributed by atoms with van der Waals surface area (Å²) in [5.74, 6) is 1.41. The summed E-state index contributed by atoms with van der Waals surface area (Å²) in [7, 11) is -3.56. The Hall–Kier alpha value is -3.54. The standard InChI is InChI=1S/C29H34N4O6S/c1-21-20-38-17-15-33(21)26-19-25(29(13-5-14-29)40(36,37)18-6-16-34)31-27(32-26)22-9-11-23(12-10-22)30-28(35)39-24-7-3-2-4-8-24/h2-4,7-12,19,21,34H,5-6,13-18,20H2,1H3,(H,30,35)/t21-/m0/s1. The zero-order valence-corrected chi connectivity index (χ0v) is 23.3. The van der Waals surface area contributed by atoms with Gasteiger partial charge in [0.2, 0.25) is 0 Å². The maximum absolute atomic E-state index is 13.5. The number of sulfone groups is 1. The highest BCUT2D eigenvalue weighted by atomic mass is 32.2. The Balaban J connectivity index is 1.46. The minimum Gasteiger partial charge on any atom is -0.410 e. The van der Waals surface area contributed by atoms with E-state index in [1.165, 1.54) is 0 Å². The average Bonchev–Trinajstić information content (AvgIpc) is 2.92. The van der Waals surface area contributed by atoms with E-state index < -0.39 is 20.7 Å². The highest BCUT2D eigenvalue weighted by Gasteiger charge is 2.51. The van der Waals surface area contributed by atoms with Crippen molar-refractivity contribution in [2.75, 3.05) is 42.3 Å². The smallest absolute Gasteiger partial charge is 0.410 e. The van der Waals surface area contributed by atoms with Crippen LogP contribution in [0.15, 0.2) is 60.7 Å². The normalized spacial score (nSPS) is 18.6. The Bertz CT molecular complexity index is 1430. The fourth-order valence-electron chi connectivity index (χ4n) is 5.13. The molecule has 2 heterocycles. The molecule has 1 aliphatic heterocycles. The largest absolute Gasteiger partial charge is 0.417 e. The highest BCUT2D eigenvalue weighted by molar-refractivity contribution is 7.92. The number of para-hydroxylation sites is 1. The van der Waals surface area contributed by atoms with Crippen LogP contribution in [0.4, 0.5) is 16.3 Å². The number of carbonyl (C=O) groups excluding carboxylic acids is 1. The second-order valence-electron chi connectivity index (χ2n) is 10.2. The number of anilines is 2. The van der Waals surface area contributed by atoms with Crippen LogP contribution in [-0.2, 0) is 19.3 Å². The van der Waals surface area contributed by atoms with Gasteiger partial charge in [-0.05, 0) is 69.0 Å². The van der Waals surface area contributed by atoms with Gasteiger partial charge < -0.3 is 19.5 Å². The Morgan fingerprint density at radius 1 is 1.15 bits per heavy atom. The van der Waals surface area contributed by atoms with Gasteiger partial charge in [-0.1, -0.05) is 18.2 Å². The van der Waals surface area contributed by atoms with Crippen molar-refractivity contribution in [1.82, 2.24) is 9.97 Å². The third-order valence-corrected chi connectivity index (χ3v) is 10.1. The number of rotatable bonds is 9. The van der Waals surface area contributed by atoms with Gasteiger partial charge in [0.05, 0.1) is 30.7 Å². The van der Waals surface area contributed by atoms with Gasteiger partial charge in [-0.2, -0.15) is 0 Å². The van der Waals surface area contributed by atoms with Crippen molar-refractivity contribution in [2.24, 2.45) is 0 Å². The summed E-state index contributed by atoms with van der Waals surface area (Å²) in [5, 5.41) is 12.0. The SMILES string of the molecule is C[C@H]1COCCN1c1cc(C2(S(=O)(=O)CCCO)CCC2)nc(-c2ccc(NC(=O)Oc3ccccc3)cc2)n1. The van der Waals surface area contributed by atoms with E-state index in [9.17, 15) is 18.3 Å². The number of hydrogen-bond acceptors (Lipinski definition) is 9. The molecule has 10 nitrogen and oxygen atoms in total. The van der Waals surface area contributed by atoms with Gasteiger partial charge in [0.15, 0.2) is 15.7 Å². The lowest BCUT2D eigenvalue weighted by Gasteiger charge is -2.41. The molecule has 0 unspecified atom stereocenters. The molecule has 2 fully saturated rings. The number of nitrogens with one attached hydrogen (secondary N) is 1. The Kier molecular flexibility index (Phi) is 8.34.